The van der Waals surface area contributed by atoms with Crippen molar-refractivity contribution in [2.75, 3.05) is 6.16 Å². The number of rotatable bonds is 12. The molecule has 3 rings (SSSR count). The van der Waals surface area contributed by atoms with Crippen molar-refractivity contribution in [1.29, 1.82) is 0 Å². The summed E-state index contributed by atoms with van der Waals surface area (Å²) in [7, 11) is -3.28. The van der Waals surface area contributed by atoms with Crippen LogP contribution in [0, 0.1) is 0 Å². The summed E-state index contributed by atoms with van der Waals surface area (Å²) in [5.74, 6) is 1.14. The molecule has 0 amide bonds. The second-order valence-corrected chi connectivity index (χ2v) is 9.19. The maximum Gasteiger partial charge on any atom is 0.430 e. The molecule has 0 bridgehead atoms. The molecule has 3 aromatic rings. The monoisotopic (exact) mass is 420 g/mol. The van der Waals surface area contributed by atoms with Crippen LogP contribution in [-0.4, -0.2) is 6.16 Å². The van der Waals surface area contributed by atoms with Crippen LogP contribution < -0.4 is 9.05 Å². The second-order valence-electron chi connectivity index (χ2n) is 7.16. The highest BCUT2D eigenvalue weighted by molar-refractivity contribution is 7.54. The third-order valence-electron chi connectivity index (χ3n) is 4.64. The third-order valence-corrected chi connectivity index (χ3v) is 6.48. The van der Waals surface area contributed by atoms with Gasteiger partial charge in [-0.2, -0.15) is 0 Å². The molecule has 30 heavy (non-hydrogen) atoms. The first-order chi connectivity index (χ1) is 14.7. The second kappa shape index (κ2) is 12.0. The van der Waals surface area contributed by atoms with Gasteiger partial charge in [-0.3, -0.25) is 0 Å². The van der Waals surface area contributed by atoms with E-state index in [-0.39, 0.29) is 0 Å². The van der Waals surface area contributed by atoms with Crippen LogP contribution in [0.3, 0.4) is 0 Å². The Kier molecular flexibility index (Phi) is 8.80. The van der Waals surface area contributed by atoms with E-state index in [4.69, 9.17) is 9.05 Å². The average molecular weight is 420 g/mol. The van der Waals surface area contributed by atoms with Crippen molar-refractivity contribution < 1.29 is 13.6 Å². The van der Waals surface area contributed by atoms with Crippen LogP contribution in [0.15, 0.2) is 97.1 Å². The molecular weight excluding hydrogens is 391 g/mol. The Morgan fingerprint density at radius 1 is 0.633 bits per heavy atom. The summed E-state index contributed by atoms with van der Waals surface area (Å²) < 4.78 is 25.0. The lowest BCUT2D eigenvalue weighted by Gasteiger charge is -2.20. The van der Waals surface area contributed by atoms with Crippen LogP contribution in [-0.2, 0) is 4.57 Å². The van der Waals surface area contributed by atoms with Crippen LogP contribution in [0.5, 0.6) is 11.5 Å². The third kappa shape index (κ3) is 7.93. The van der Waals surface area contributed by atoms with Gasteiger partial charge in [-0.1, -0.05) is 91.7 Å². The Balaban J connectivity index is 1.45. The lowest BCUT2D eigenvalue weighted by Crippen LogP contribution is -2.05. The topological polar surface area (TPSA) is 35.5 Å². The van der Waals surface area contributed by atoms with E-state index in [0.29, 0.717) is 17.7 Å². The highest BCUT2D eigenvalue weighted by Gasteiger charge is 2.27. The van der Waals surface area contributed by atoms with Gasteiger partial charge in [0.25, 0.3) is 0 Å². The number of hydrogen-bond donors (Lipinski definition) is 0. The molecule has 0 N–H and O–H groups in total. The molecule has 3 nitrogen and oxygen atoms in total. The van der Waals surface area contributed by atoms with Crippen LogP contribution in [0.1, 0.15) is 37.7 Å². The van der Waals surface area contributed by atoms with Crippen molar-refractivity contribution in [3.05, 3.63) is 103 Å². The summed E-state index contributed by atoms with van der Waals surface area (Å²) in [4.78, 5) is 0. The molecule has 3 aromatic carbocycles. The quantitative estimate of drug-likeness (QED) is 0.220. The standard InChI is InChI=1S/C26H29O3P/c27-30(28-25-19-11-6-12-20-25,29-26-21-13-7-14-22-26)23-15-4-2-1-3-8-16-24-17-9-5-10-18-24/h5-14,16-22H,1-4,15,23H2. The van der Waals surface area contributed by atoms with Crippen molar-refractivity contribution in [2.24, 2.45) is 0 Å². The first kappa shape index (κ1) is 21.9. The van der Waals surface area contributed by atoms with E-state index >= 15 is 0 Å². The first-order valence-electron chi connectivity index (χ1n) is 10.5. The minimum atomic E-state index is -3.28. The maximum absolute atomic E-state index is 13.4. The van der Waals surface area contributed by atoms with Crippen molar-refractivity contribution >= 4 is 13.7 Å². The maximum atomic E-state index is 13.4. The van der Waals surface area contributed by atoms with E-state index in [9.17, 15) is 4.57 Å². The van der Waals surface area contributed by atoms with Gasteiger partial charge in [-0.05, 0) is 49.1 Å². The number of benzene rings is 3. The Bertz CT molecular complexity index is 879. The zero-order chi connectivity index (χ0) is 20.9. The van der Waals surface area contributed by atoms with Crippen molar-refractivity contribution in [1.82, 2.24) is 0 Å². The van der Waals surface area contributed by atoms with E-state index in [1.54, 1.807) is 24.3 Å². The van der Waals surface area contributed by atoms with Gasteiger partial charge in [-0.25, -0.2) is 4.57 Å². The Hall–Kier alpha value is -2.77. The summed E-state index contributed by atoms with van der Waals surface area (Å²) in [6.45, 7) is 0. The van der Waals surface area contributed by atoms with Gasteiger partial charge in [0.05, 0.1) is 6.16 Å². The van der Waals surface area contributed by atoms with E-state index in [2.05, 4.69) is 24.3 Å². The molecule has 0 heterocycles. The van der Waals surface area contributed by atoms with Crippen molar-refractivity contribution in [2.45, 2.75) is 32.1 Å². The predicted octanol–water partition coefficient (Wildman–Crippen LogP) is 8.00. The van der Waals surface area contributed by atoms with Gasteiger partial charge in [0.1, 0.15) is 11.5 Å². The largest absolute Gasteiger partial charge is 0.430 e. The SMILES string of the molecule is O=P(CCCCCCC=Cc1ccccc1)(Oc1ccccc1)Oc1ccccc1. The lowest BCUT2D eigenvalue weighted by atomic mass is 10.1. The molecule has 0 aliphatic carbocycles. The fourth-order valence-corrected chi connectivity index (χ4v) is 4.82. The normalized spacial score (nSPS) is 11.5. The Morgan fingerprint density at radius 2 is 1.13 bits per heavy atom. The molecule has 4 heteroatoms. The van der Waals surface area contributed by atoms with Crippen LogP contribution in [0.4, 0.5) is 0 Å². The smallest absolute Gasteiger partial charge is 0.416 e. The molecule has 0 saturated carbocycles. The Labute approximate surface area is 179 Å². The first-order valence-corrected chi connectivity index (χ1v) is 12.3. The molecule has 156 valence electrons. The van der Waals surface area contributed by atoms with E-state index in [1.807, 2.05) is 54.6 Å². The molecular formula is C26H29O3P. The molecule has 0 aromatic heterocycles. The molecule has 0 atom stereocenters. The number of para-hydroxylation sites is 2. The molecule has 0 fully saturated rings. The highest BCUT2D eigenvalue weighted by atomic mass is 31.2. The van der Waals surface area contributed by atoms with Crippen molar-refractivity contribution in [3.63, 3.8) is 0 Å². The fourth-order valence-electron chi connectivity index (χ4n) is 3.10. The summed E-state index contributed by atoms with van der Waals surface area (Å²) >= 11 is 0. The predicted molar refractivity (Wildman–Crippen MR) is 125 cm³/mol. The minimum Gasteiger partial charge on any atom is -0.416 e. The molecule has 0 aliphatic rings. The van der Waals surface area contributed by atoms with Gasteiger partial charge < -0.3 is 9.05 Å². The average Bonchev–Trinajstić information content (AvgIpc) is 2.77. The minimum absolute atomic E-state index is 0.399. The Morgan fingerprint density at radius 3 is 1.70 bits per heavy atom. The van der Waals surface area contributed by atoms with Gasteiger partial charge in [0, 0.05) is 0 Å². The summed E-state index contributed by atoms with van der Waals surface area (Å²) in [5, 5.41) is 0. The molecule has 0 aliphatic heterocycles. The zero-order valence-corrected chi connectivity index (χ0v) is 18.1. The number of allylic oxidation sites excluding steroid dienone is 1. The van der Waals surface area contributed by atoms with Crippen LogP contribution in [0.25, 0.3) is 6.08 Å². The molecule has 0 radical (unpaired) electrons. The number of unbranched alkanes of at least 4 members (excludes halogenated alkanes) is 4. The van der Waals surface area contributed by atoms with Gasteiger partial charge in [0.2, 0.25) is 0 Å². The van der Waals surface area contributed by atoms with E-state index in [0.717, 1.165) is 32.1 Å². The fraction of sp³-hybridized carbons (Fsp3) is 0.231. The highest BCUT2D eigenvalue weighted by Crippen LogP contribution is 2.49. The van der Waals surface area contributed by atoms with Crippen molar-refractivity contribution in [3.8, 4) is 11.5 Å². The van der Waals surface area contributed by atoms with Gasteiger partial charge >= 0.3 is 7.60 Å². The van der Waals surface area contributed by atoms with E-state index < -0.39 is 7.60 Å². The lowest BCUT2D eigenvalue weighted by molar-refractivity contribution is 0.383. The summed E-state index contributed by atoms with van der Waals surface area (Å²) in [5.41, 5.74) is 1.23. The summed E-state index contributed by atoms with van der Waals surface area (Å²) in [6, 6.07) is 28.8. The van der Waals surface area contributed by atoms with E-state index in [1.165, 1.54) is 5.56 Å². The van der Waals surface area contributed by atoms with Gasteiger partial charge in [-0.15, -0.1) is 0 Å². The van der Waals surface area contributed by atoms with Crippen LogP contribution >= 0.6 is 7.60 Å². The molecule has 0 unspecified atom stereocenters. The number of hydrogen-bond acceptors (Lipinski definition) is 3. The van der Waals surface area contributed by atoms with Gasteiger partial charge in [0.15, 0.2) is 0 Å². The summed E-state index contributed by atoms with van der Waals surface area (Å²) in [6.07, 6.45) is 9.85. The molecule has 0 spiro atoms. The van der Waals surface area contributed by atoms with Crippen LogP contribution in [0.2, 0.25) is 0 Å². The zero-order valence-electron chi connectivity index (χ0n) is 17.2. The molecule has 0 saturated heterocycles.